The minimum Gasteiger partial charge on any atom is -0.478 e. The number of ether oxygens (including phenoxy) is 1. The van der Waals surface area contributed by atoms with Crippen LogP contribution in [-0.4, -0.2) is 43.7 Å². The molecule has 0 aromatic carbocycles. The van der Waals surface area contributed by atoms with Crippen LogP contribution in [0.5, 0.6) is 5.88 Å². The first-order chi connectivity index (χ1) is 8.63. The van der Waals surface area contributed by atoms with E-state index in [1.807, 2.05) is 12.3 Å². The molecule has 0 aliphatic heterocycles. The van der Waals surface area contributed by atoms with Crippen LogP contribution in [0.25, 0.3) is 0 Å². The Kier molecular flexibility index (Phi) is 6.68. The molecule has 1 unspecified atom stereocenters. The van der Waals surface area contributed by atoms with Crippen LogP contribution in [0.3, 0.4) is 0 Å². The van der Waals surface area contributed by atoms with Gasteiger partial charge in [0.05, 0.1) is 6.61 Å². The fraction of sp³-hybridized carbons (Fsp3) is 0.643. The third-order valence-electron chi connectivity index (χ3n) is 2.77. The molecule has 1 aromatic heterocycles. The number of hydrogen-bond donors (Lipinski definition) is 1. The van der Waals surface area contributed by atoms with E-state index in [-0.39, 0.29) is 0 Å². The monoisotopic (exact) mass is 251 g/mol. The topological polar surface area (TPSA) is 37.4 Å². The molecule has 0 amide bonds. The largest absolute Gasteiger partial charge is 0.478 e. The van der Waals surface area contributed by atoms with E-state index in [1.54, 1.807) is 0 Å². The third-order valence-corrected chi connectivity index (χ3v) is 2.77. The van der Waals surface area contributed by atoms with Gasteiger partial charge < -0.3 is 15.0 Å². The molecule has 1 atom stereocenters. The molecule has 0 saturated heterocycles. The first-order valence-electron chi connectivity index (χ1n) is 6.60. The Balaban J connectivity index is 2.36. The van der Waals surface area contributed by atoms with Crippen molar-refractivity contribution in [1.82, 2.24) is 15.2 Å². The summed E-state index contributed by atoms with van der Waals surface area (Å²) in [4.78, 5) is 6.47. The summed E-state index contributed by atoms with van der Waals surface area (Å²) in [6.45, 7) is 6.96. The minimum absolute atomic E-state index is 0.338. The van der Waals surface area contributed by atoms with E-state index in [2.05, 4.69) is 49.2 Å². The van der Waals surface area contributed by atoms with Gasteiger partial charge in [-0.05, 0) is 39.5 Å². The zero-order valence-corrected chi connectivity index (χ0v) is 11.9. The van der Waals surface area contributed by atoms with Crippen LogP contribution in [-0.2, 0) is 0 Å². The summed E-state index contributed by atoms with van der Waals surface area (Å²) in [5.74, 6) is 0.709. The Morgan fingerprint density at radius 2 is 2.17 bits per heavy atom. The van der Waals surface area contributed by atoms with Crippen LogP contribution in [0.4, 0.5) is 0 Å². The molecule has 0 aliphatic rings. The van der Waals surface area contributed by atoms with E-state index >= 15 is 0 Å². The maximum absolute atomic E-state index is 5.59. The van der Waals surface area contributed by atoms with Crippen LogP contribution in [0.1, 0.15) is 31.9 Å². The molecule has 18 heavy (non-hydrogen) atoms. The summed E-state index contributed by atoms with van der Waals surface area (Å²) in [6, 6.07) is 4.35. The van der Waals surface area contributed by atoms with Gasteiger partial charge in [-0.3, -0.25) is 0 Å². The second-order valence-electron chi connectivity index (χ2n) is 4.71. The Bertz CT molecular complexity index is 324. The first-order valence-corrected chi connectivity index (χ1v) is 6.60. The van der Waals surface area contributed by atoms with Gasteiger partial charge in [0.2, 0.25) is 5.88 Å². The van der Waals surface area contributed by atoms with E-state index < -0.39 is 0 Å². The molecular weight excluding hydrogens is 226 g/mol. The highest BCUT2D eigenvalue weighted by molar-refractivity contribution is 5.20. The summed E-state index contributed by atoms with van der Waals surface area (Å²) < 4.78 is 5.59. The number of hydrogen-bond acceptors (Lipinski definition) is 4. The van der Waals surface area contributed by atoms with E-state index in [0.717, 1.165) is 19.5 Å². The van der Waals surface area contributed by atoms with E-state index in [1.165, 1.54) is 5.56 Å². The van der Waals surface area contributed by atoms with Crippen molar-refractivity contribution in [2.45, 2.75) is 26.3 Å². The summed E-state index contributed by atoms with van der Waals surface area (Å²) >= 11 is 0. The molecule has 1 N–H and O–H groups in total. The molecule has 0 radical (unpaired) electrons. The van der Waals surface area contributed by atoms with Crippen LogP contribution in [0.2, 0.25) is 0 Å². The number of rotatable bonds is 8. The predicted octanol–water partition coefficient (Wildman–Crippen LogP) is 2.08. The molecule has 4 heteroatoms. The normalized spacial score (nSPS) is 12.7. The van der Waals surface area contributed by atoms with Crippen molar-refractivity contribution in [2.24, 2.45) is 0 Å². The zero-order valence-electron chi connectivity index (χ0n) is 11.9. The molecule has 4 nitrogen and oxygen atoms in total. The van der Waals surface area contributed by atoms with Crippen molar-refractivity contribution in [2.75, 3.05) is 33.8 Å². The minimum atomic E-state index is 0.338. The number of aromatic nitrogens is 1. The molecule has 0 fully saturated rings. The second kappa shape index (κ2) is 8.06. The quantitative estimate of drug-likeness (QED) is 0.718. The Hall–Kier alpha value is -1.13. The molecule has 1 aromatic rings. The number of pyridine rings is 1. The van der Waals surface area contributed by atoms with Crippen LogP contribution >= 0.6 is 0 Å². The molecular formula is C14H25N3O. The van der Waals surface area contributed by atoms with Gasteiger partial charge in [-0.25, -0.2) is 4.98 Å². The molecule has 1 heterocycles. The zero-order chi connectivity index (χ0) is 13.4. The van der Waals surface area contributed by atoms with Gasteiger partial charge in [0, 0.05) is 24.8 Å². The van der Waals surface area contributed by atoms with E-state index in [4.69, 9.17) is 4.74 Å². The van der Waals surface area contributed by atoms with E-state index in [0.29, 0.717) is 18.5 Å². The van der Waals surface area contributed by atoms with Gasteiger partial charge in [-0.15, -0.1) is 0 Å². The average Bonchev–Trinajstić information content (AvgIpc) is 2.35. The van der Waals surface area contributed by atoms with Gasteiger partial charge in [0.15, 0.2) is 0 Å². The Morgan fingerprint density at radius 3 is 2.72 bits per heavy atom. The standard InChI is InChI=1S/C14H25N3O/c1-5-15-12(2)13-7-8-14(16-11-13)18-10-6-9-17(3)4/h7-8,11-12,15H,5-6,9-10H2,1-4H3. The van der Waals surface area contributed by atoms with Crippen molar-refractivity contribution >= 4 is 0 Å². The summed E-state index contributed by atoms with van der Waals surface area (Å²) in [7, 11) is 4.13. The van der Waals surface area contributed by atoms with Crippen molar-refractivity contribution in [1.29, 1.82) is 0 Å². The number of nitrogens with one attached hydrogen (secondary N) is 1. The predicted molar refractivity (Wildman–Crippen MR) is 75.0 cm³/mol. The summed E-state index contributed by atoms with van der Waals surface area (Å²) in [5.41, 5.74) is 1.19. The summed E-state index contributed by atoms with van der Waals surface area (Å²) in [6.07, 6.45) is 2.90. The van der Waals surface area contributed by atoms with Crippen molar-refractivity contribution in [3.63, 3.8) is 0 Å². The maximum atomic E-state index is 5.59. The third kappa shape index (κ3) is 5.47. The molecule has 0 aliphatic carbocycles. The Morgan fingerprint density at radius 1 is 1.39 bits per heavy atom. The highest BCUT2D eigenvalue weighted by Crippen LogP contribution is 2.14. The number of nitrogens with zero attached hydrogens (tertiary/aromatic N) is 2. The molecule has 0 bridgehead atoms. The average molecular weight is 251 g/mol. The first kappa shape index (κ1) is 14.9. The highest BCUT2D eigenvalue weighted by Gasteiger charge is 2.04. The van der Waals surface area contributed by atoms with Crippen LogP contribution in [0.15, 0.2) is 18.3 Å². The van der Waals surface area contributed by atoms with Crippen LogP contribution < -0.4 is 10.1 Å². The maximum Gasteiger partial charge on any atom is 0.213 e. The molecule has 0 saturated carbocycles. The lowest BCUT2D eigenvalue weighted by molar-refractivity contribution is 0.273. The lowest BCUT2D eigenvalue weighted by Crippen LogP contribution is -2.18. The van der Waals surface area contributed by atoms with Gasteiger partial charge in [-0.2, -0.15) is 0 Å². The smallest absolute Gasteiger partial charge is 0.213 e. The lowest BCUT2D eigenvalue weighted by atomic mass is 10.1. The molecule has 0 spiro atoms. The second-order valence-corrected chi connectivity index (χ2v) is 4.71. The van der Waals surface area contributed by atoms with Crippen molar-refractivity contribution in [3.8, 4) is 5.88 Å². The van der Waals surface area contributed by atoms with Crippen molar-refractivity contribution in [3.05, 3.63) is 23.9 Å². The van der Waals surface area contributed by atoms with Crippen molar-refractivity contribution < 1.29 is 4.74 Å². The van der Waals surface area contributed by atoms with Gasteiger partial charge >= 0.3 is 0 Å². The van der Waals surface area contributed by atoms with Gasteiger partial charge in [0.25, 0.3) is 0 Å². The fourth-order valence-electron chi connectivity index (χ4n) is 1.71. The lowest BCUT2D eigenvalue weighted by Gasteiger charge is -2.13. The summed E-state index contributed by atoms with van der Waals surface area (Å²) in [5, 5.41) is 3.36. The SMILES string of the molecule is CCNC(C)c1ccc(OCCCN(C)C)nc1. The van der Waals surface area contributed by atoms with E-state index in [9.17, 15) is 0 Å². The highest BCUT2D eigenvalue weighted by atomic mass is 16.5. The van der Waals surface area contributed by atoms with Crippen LogP contribution in [0, 0.1) is 0 Å². The molecule has 102 valence electrons. The van der Waals surface area contributed by atoms with Gasteiger partial charge in [0.1, 0.15) is 0 Å². The van der Waals surface area contributed by atoms with Gasteiger partial charge in [-0.1, -0.05) is 13.0 Å². The molecule has 1 rings (SSSR count). The fourth-order valence-corrected chi connectivity index (χ4v) is 1.71. The Labute approximate surface area is 110 Å².